The van der Waals surface area contributed by atoms with Crippen molar-refractivity contribution in [1.82, 2.24) is 5.32 Å². The fourth-order valence-electron chi connectivity index (χ4n) is 1.47. The largest absolute Gasteiger partial charge is 0.416 e. The monoisotopic (exact) mass is 337 g/mol. The molecule has 1 aromatic rings. The van der Waals surface area contributed by atoms with Crippen LogP contribution >= 0.6 is 15.9 Å². The molecule has 0 heterocycles. The highest BCUT2D eigenvalue weighted by Crippen LogP contribution is 2.29. The van der Waals surface area contributed by atoms with Gasteiger partial charge in [0.2, 0.25) is 5.91 Å². The van der Waals surface area contributed by atoms with E-state index in [0.717, 1.165) is 18.6 Å². The molecule has 6 heteroatoms. The van der Waals surface area contributed by atoms with Crippen molar-refractivity contribution < 1.29 is 18.0 Å². The highest BCUT2D eigenvalue weighted by Gasteiger charge is 2.29. The van der Waals surface area contributed by atoms with Gasteiger partial charge in [0.15, 0.2) is 0 Å². The molecule has 0 aliphatic carbocycles. The Bertz CT molecular complexity index is 415. The van der Waals surface area contributed by atoms with E-state index in [4.69, 9.17) is 0 Å². The smallest absolute Gasteiger partial charge is 0.356 e. The average Bonchev–Trinajstić information content (AvgIpc) is 2.27. The Balaban J connectivity index is 2.47. The molecule has 0 aliphatic rings. The summed E-state index contributed by atoms with van der Waals surface area (Å²) in [6.45, 7) is 2.52. The first-order chi connectivity index (χ1) is 8.79. The minimum atomic E-state index is -4.34. The van der Waals surface area contributed by atoms with Crippen LogP contribution in [0.25, 0.3) is 0 Å². The van der Waals surface area contributed by atoms with E-state index in [1.165, 1.54) is 12.1 Å². The van der Waals surface area contributed by atoms with E-state index in [1.54, 1.807) is 0 Å². The van der Waals surface area contributed by atoms with Crippen molar-refractivity contribution in [2.75, 3.05) is 6.54 Å². The minimum absolute atomic E-state index is 0.0921. The van der Waals surface area contributed by atoms with Gasteiger partial charge in [-0.15, -0.1) is 0 Å². The third-order valence-corrected chi connectivity index (χ3v) is 2.97. The fourth-order valence-corrected chi connectivity index (χ4v) is 1.70. The number of hydrogen-bond acceptors (Lipinski definition) is 1. The second-order valence-corrected chi connectivity index (χ2v) is 5.85. The maximum Gasteiger partial charge on any atom is 0.416 e. The predicted octanol–water partition coefficient (Wildman–Crippen LogP) is 3.54. The molecule has 2 nitrogen and oxygen atoms in total. The average molecular weight is 338 g/mol. The Morgan fingerprint density at radius 2 is 1.89 bits per heavy atom. The van der Waals surface area contributed by atoms with Crippen LogP contribution in [-0.2, 0) is 17.4 Å². The number of hydrogen-bond donors (Lipinski definition) is 1. The number of nitrogens with one attached hydrogen (secondary N) is 1. The van der Waals surface area contributed by atoms with Gasteiger partial charge in [0.05, 0.1) is 12.0 Å². The molecule has 19 heavy (non-hydrogen) atoms. The molecule has 1 atom stereocenters. The lowest BCUT2D eigenvalue weighted by atomic mass is 10.1. The van der Waals surface area contributed by atoms with Crippen molar-refractivity contribution in [3.05, 3.63) is 35.4 Å². The summed E-state index contributed by atoms with van der Waals surface area (Å²) in [5, 5.41) is 2.72. The van der Waals surface area contributed by atoms with Crippen LogP contribution in [-0.4, -0.2) is 17.3 Å². The molecule has 1 aromatic carbocycles. The summed E-state index contributed by atoms with van der Waals surface area (Å²) in [6, 6.07) is 4.64. The number of alkyl halides is 4. The van der Waals surface area contributed by atoms with Crippen LogP contribution in [0.2, 0.25) is 0 Å². The highest BCUT2D eigenvalue weighted by molar-refractivity contribution is 9.09. The summed E-state index contributed by atoms with van der Waals surface area (Å²) >= 11 is 3.36. The van der Waals surface area contributed by atoms with Crippen LogP contribution in [0.1, 0.15) is 24.5 Å². The molecule has 0 bridgehead atoms. The van der Waals surface area contributed by atoms with E-state index in [-0.39, 0.29) is 12.3 Å². The van der Waals surface area contributed by atoms with E-state index in [2.05, 4.69) is 21.2 Å². The zero-order valence-corrected chi connectivity index (χ0v) is 12.0. The summed E-state index contributed by atoms with van der Waals surface area (Å²) in [6.07, 6.45) is -3.44. The number of benzene rings is 1. The lowest BCUT2D eigenvalue weighted by Gasteiger charge is -2.08. The van der Waals surface area contributed by atoms with E-state index in [0.29, 0.717) is 16.9 Å². The van der Waals surface area contributed by atoms with Crippen LogP contribution in [0.3, 0.4) is 0 Å². The Morgan fingerprint density at radius 1 is 1.32 bits per heavy atom. The summed E-state index contributed by atoms with van der Waals surface area (Å²) in [4.78, 5) is 11.8. The number of amides is 1. The number of carbonyl (C=O) groups excluding carboxylic acids is 1. The molecule has 1 amide bonds. The van der Waals surface area contributed by atoms with Crippen molar-refractivity contribution in [3.63, 3.8) is 0 Å². The summed E-state index contributed by atoms with van der Waals surface area (Å²) in [5.74, 6) is -0.187. The first kappa shape index (κ1) is 16.0. The first-order valence-electron chi connectivity index (χ1n) is 5.86. The van der Waals surface area contributed by atoms with Crippen molar-refractivity contribution in [2.45, 2.75) is 30.8 Å². The van der Waals surface area contributed by atoms with Crippen LogP contribution < -0.4 is 5.32 Å². The fraction of sp³-hybridized carbons (Fsp3) is 0.462. The molecule has 106 valence electrons. The van der Waals surface area contributed by atoms with Crippen molar-refractivity contribution >= 4 is 21.8 Å². The standard InChI is InChI=1S/C13H15BrF3NO/c1-9(14)6-7-18-12(19)8-10-2-4-11(5-3-10)13(15,16)17/h2-5,9H,6-8H2,1H3,(H,18,19). The molecule has 0 aromatic heterocycles. The number of carbonyl (C=O) groups is 1. The molecule has 1 rings (SSSR count). The minimum Gasteiger partial charge on any atom is -0.356 e. The first-order valence-corrected chi connectivity index (χ1v) is 6.77. The van der Waals surface area contributed by atoms with Gasteiger partial charge in [-0.1, -0.05) is 35.0 Å². The van der Waals surface area contributed by atoms with Crippen molar-refractivity contribution in [1.29, 1.82) is 0 Å². The number of halogens is 4. The molecule has 0 radical (unpaired) electrons. The summed E-state index contributed by atoms with van der Waals surface area (Å²) < 4.78 is 37.0. The maximum atomic E-state index is 12.3. The second kappa shape index (κ2) is 6.93. The van der Waals surface area contributed by atoms with Crippen LogP contribution in [0, 0.1) is 0 Å². The second-order valence-electron chi connectivity index (χ2n) is 4.29. The Kier molecular flexibility index (Phi) is 5.85. The van der Waals surface area contributed by atoms with Crippen LogP contribution in [0.15, 0.2) is 24.3 Å². The van der Waals surface area contributed by atoms with Crippen molar-refractivity contribution in [2.24, 2.45) is 0 Å². The van der Waals surface area contributed by atoms with Gasteiger partial charge in [-0.2, -0.15) is 13.2 Å². The van der Waals surface area contributed by atoms with Crippen molar-refractivity contribution in [3.8, 4) is 0 Å². The van der Waals surface area contributed by atoms with Crippen LogP contribution in [0.5, 0.6) is 0 Å². The van der Waals surface area contributed by atoms with E-state index >= 15 is 0 Å². The zero-order valence-electron chi connectivity index (χ0n) is 10.4. The number of rotatable bonds is 5. The van der Waals surface area contributed by atoms with Gasteiger partial charge in [0.25, 0.3) is 0 Å². The third-order valence-electron chi connectivity index (χ3n) is 2.51. The topological polar surface area (TPSA) is 29.1 Å². The van der Waals surface area contributed by atoms with Gasteiger partial charge in [0.1, 0.15) is 0 Å². The normalized spacial score (nSPS) is 13.1. The Labute approximate surface area is 118 Å². The van der Waals surface area contributed by atoms with Gasteiger partial charge in [-0.25, -0.2) is 0 Å². The van der Waals surface area contributed by atoms with Crippen LogP contribution in [0.4, 0.5) is 13.2 Å². The summed E-state index contributed by atoms with van der Waals surface area (Å²) in [7, 11) is 0. The molecular formula is C13H15BrF3NO. The Morgan fingerprint density at radius 3 is 2.37 bits per heavy atom. The van der Waals surface area contributed by atoms with Gasteiger partial charge >= 0.3 is 6.18 Å². The van der Waals surface area contributed by atoms with E-state index < -0.39 is 11.7 Å². The SMILES string of the molecule is CC(Br)CCNC(=O)Cc1ccc(C(F)(F)F)cc1. The predicted molar refractivity (Wildman–Crippen MR) is 71.2 cm³/mol. The molecule has 0 fully saturated rings. The van der Waals surface area contributed by atoms with E-state index in [9.17, 15) is 18.0 Å². The van der Waals surface area contributed by atoms with Gasteiger partial charge in [-0.3, -0.25) is 4.79 Å². The van der Waals surface area contributed by atoms with Gasteiger partial charge < -0.3 is 5.32 Å². The molecular weight excluding hydrogens is 323 g/mol. The lowest BCUT2D eigenvalue weighted by molar-refractivity contribution is -0.137. The van der Waals surface area contributed by atoms with E-state index in [1.807, 2.05) is 6.92 Å². The third kappa shape index (κ3) is 6.09. The molecule has 0 aliphatic heterocycles. The molecule has 0 saturated heterocycles. The zero-order chi connectivity index (χ0) is 14.5. The molecule has 0 spiro atoms. The maximum absolute atomic E-state index is 12.3. The molecule has 1 unspecified atom stereocenters. The molecule has 1 N–H and O–H groups in total. The van der Waals surface area contributed by atoms with Gasteiger partial charge in [0, 0.05) is 11.4 Å². The summed E-state index contributed by atoms with van der Waals surface area (Å²) in [5.41, 5.74) is -0.137. The quantitative estimate of drug-likeness (QED) is 0.818. The highest BCUT2D eigenvalue weighted by atomic mass is 79.9. The van der Waals surface area contributed by atoms with Gasteiger partial charge in [-0.05, 0) is 24.1 Å². The lowest BCUT2D eigenvalue weighted by Crippen LogP contribution is -2.27. The molecule has 0 saturated carbocycles. The Hall–Kier alpha value is -1.04.